The fourth-order valence-electron chi connectivity index (χ4n) is 2.06. The van der Waals surface area contributed by atoms with Crippen molar-refractivity contribution >= 4 is 0 Å². The molecular formula is C12H25NO2. The van der Waals surface area contributed by atoms with Crippen molar-refractivity contribution in [1.29, 1.82) is 0 Å². The van der Waals surface area contributed by atoms with Crippen molar-refractivity contribution < 1.29 is 9.47 Å². The summed E-state index contributed by atoms with van der Waals surface area (Å²) in [5.41, 5.74) is 0. The van der Waals surface area contributed by atoms with Gasteiger partial charge in [0, 0.05) is 32.2 Å². The maximum Gasteiger partial charge on any atom is 0.158 e. The molecule has 0 aromatic carbocycles. The Morgan fingerprint density at radius 3 is 2.27 bits per heavy atom. The van der Waals surface area contributed by atoms with E-state index < -0.39 is 0 Å². The summed E-state index contributed by atoms with van der Waals surface area (Å²) in [6, 6.07) is 0.740. The van der Waals surface area contributed by atoms with Gasteiger partial charge in [0.15, 0.2) is 6.29 Å². The van der Waals surface area contributed by atoms with Crippen LogP contribution in [0, 0.1) is 5.92 Å². The van der Waals surface area contributed by atoms with Gasteiger partial charge in [-0.1, -0.05) is 6.92 Å². The average molecular weight is 215 g/mol. The summed E-state index contributed by atoms with van der Waals surface area (Å²) in [4.78, 5) is 0. The van der Waals surface area contributed by atoms with Gasteiger partial charge >= 0.3 is 0 Å². The fraction of sp³-hybridized carbons (Fsp3) is 1.00. The van der Waals surface area contributed by atoms with Crippen LogP contribution in [0.3, 0.4) is 0 Å². The highest BCUT2D eigenvalue weighted by Crippen LogP contribution is 2.26. The van der Waals surface area contributed by atoms with E-state index in [1.165, 1.54) is 12.8 Å². The maximum absolute atomic E-state index is 5.47. The van der Waals surface area contributed by atoms with Crippen LogP contribution >= 0.6 is 0 Å². The van der Waals surface area contributed by atoms with Crippen LogP contribution < -0.4 is 5.32 Å². The van der Waals surface area contributed by atoms with Gasteiger partial charge in [-0.2, -0.15) is 0 Å². The topological polar surface area (TPSA) is 30.5 Å². The van der Waals surface area contributed by atoms with E-state index in [0.717, 1.165) is 38.1 Å². The van der Waals surface area contributed by atoms with Crippen LogP contribution in [0.25, 0.3) is 0 Å². The fourth-order valence-corrected chi connectivity index (χ4v) is 2.06. The molecule has 0 atom stereocenters. The Hall–Kier alpha value is -0.120. The van der Waals surface area contributed by atoms with Gasteiger partial charge in [-0.15, -0.1) is 0 Å². The second-order valence-corrected chi connectivity index (χ2v) is 4.36. The van der Waals surface area contributed by atoms with Crippen molar-refractivity contribution in [3.8, 4) is 0 Å². The lowest BCUT2D eigenvalue weighted by molar-refractivity contribution is -0.139. The van der Waals surface area contributed by atoms with Gasteiger partial charge in [-0.25, -0.2) is 0 Å². The van der Waals surface area contributed by atoms with Crippen LogP contribution in [0.5, 0.6) is 0 Å². The van der Waals surface area contributed by atoms with Crippen LogP contribution in [-0.4, -0.2) is 32.1 Å². The third kappa shape index (κ3) is 4.96. The van der Waals surface area contributed by atoms with Crippen molar-refractivity contribution in [2.24, 2.45) is 5.92 Å². The molecule has 0 bridgehead atoms. The smallest absolute Gasteiger partial charge is 0.158 e. The molecule has 15 heavy (non-hydrogen) atoms. The highest BCUT2D eigenvalue weighted by atomic mass is 16.7. The SMILES string of the molecule is CCOC(CCNC1CC(C)C1)OCC. The molecule has 1 fully saturated rings. The van der Waals surface area contributed by atoms with Gasteiger partial charge < -0.3 is 14.8 Å². The van der Waals surface area contributed by atoms with E-state index >= 15 is 0 Å². The van der Waals surface area contributed by atoms with Crippen molar-refractivity contribution in [2.75, 3.05) is 19.8 Å². The molecule has 0 amide bonds. The zero-order valence-electron chi connectivity index (χ0n) is 10.3. The lowest BCUT2D eigenvalue weighted by Gasteiger charge is -2.33. The molecule has 1 rings (SSSR count). The summed E-state index contributed by atoms with van der Waals surface area (Å²) < 4.78 is 10.9. The van der Waals surface area contributed by atoms with E-state index in [1.807, 2.05) is 13.8 Å². The summed E-state index contributed by atoms with van der Waals surface area (Å²) in [5.74, 6) is 0.914. The van der Waals surface area contributed by atoms with E-state index in [-0.39, 0.29) is 6.29 Å². The number of ether oxygens (including phenoxy) is 2. The first kappa shape index (κ1) is 12.9. The molecule has 0 unspecified atom stereocenters. The third-order valence-corrected chi connectivity index (χ3v) is 2.89. The molecule has 0 heterocycles. The lowest BCUT2D eigenvalue weighted by Crippen LogP contribution is -2.41. The molecule has 1 aliphatic carbocycles. The Bertz CT molecular complexity index is 152. The number of nitrogens with one attached hydrogen (secondary N) is 1. The standard InChI is InChI=1S/C12H25NO2/c1-4-14-12(15-5-2)6-7-13-11-8-10(3)9-11/h10-13H,4-9H2,1-3H3. The van der Waals surface area contributed by atoms with Crippen LogP contribution in [0.1, 0.15) is 40.0 Å². The zero-order valence-corrected chi connectivity index (χ0v) is 10.3. The summed E-state index contributed by atoms with van der Waals surface area (Å²) in [5, 5.41) is 3.54. The van der Waals surface area contributed by atoms with Gasteiger partial charge in [-0.3, -0.25) is 0 Å². The van der Waals surface area contributed by atoms with Gasteiger partial charge in [0.1, 0.15) is 0 Å². The van der Waals surface area contributed by atoms with Crippen LogP contribution in [0.2, 0.25) is 0 Å². The van der Waals surface area contributed by atoms with Crippen molar-refractivity contribution in [3.05, 3.63) is 0 Å². The number of rotatable bonds is 8. The first-order valence-corrected chi connectivity index (χ1v) is 6.22. The Balaban J connectivity index is 2.00. The molecule has 1 saturated carbocycles. The molecule has 3 heteroatoms. The molecule has 0 saturated heterocycles. The second kappa shape index (κ2) is 7.20. The molecule has 0 aliphatic heterocycles. The van der Waals surface area contributed by atoms with E-state index in [1.54, 1.807) is 0 Å². The summed E-state index contributed by atoms with van der Waals surface area (Å²) in [6.45, 7) is 8.78. The largest absolute Gasteiger partial charge is 0.353 e. The van der Waals surface area contributed by atoms with Crippen LogP contribution in [0.15, 0.2) is 0 Å². The molecule has 3 nitrogen and oxygen atoms in total. The van der Waals surface area contributed by atoms with E-state index in [2.05, 4.69) is 12.2 Å². The number of hydrogen-bond acceptors (Lipinski definition) is 3. The van der Waals surface area contributed by atoms with Gasteiger partial charge in [0.25, 0.3) is 0 Å². The third-order valence-electron chi connectivity index (χ3n) is 2.89. The minimum Gasteiger partial charge on any atom is -0.353 e. The van der Waals surface area contributed by atoms with Gasteiger partial charge in [-0.05, 0) is 32.6 Å². The van der Waals surface area contributed by atoms with Crippen molar-refractivity contribution in [1.82, 2.24) is 5.32 Å². The quantitative estimate of drug-likeness (QED) is 0.629. The van der Waals surface area contributed by atoms with E-state index in [4.69, 9.17) is 9.47 Å². The van der Waals surface area contributed by atoms with Crippen molar-refractivity contribution in [3.63, 3.8) is 0 Å². The second-order valence-electron chi connectivity index (χ2n) is 4.36. The molecule has 0 spiro atoms. The minimum atomic E-state index is -0.0231. The molecule has 0 aromatic rings. The molecule has 1 aliphatic rings. The Kier molecular flexibility index (Phi) is 6.22. The first-order valence-electron chi connectivity index (χ1n) is 6.22. The minimum absolute atomic E-state index is 0.0231. The predicted octanol–water partition coefficient (Wildman–Crippen LogP) is 2.16. The highest BCUT2D eigenvalue weighted by Gasteiger charge is 2.24. The summed E-state index contributed by atoms with van der Waals surface area (Å²) >= 11 is 0. The monoisotopic (exact) mass is 215 g/mol. The predicted molar refractivity (Wildman–Crippen MR) is 61.8 cm³/mol. The van der Waals surface area contributed by atoms with E-state index in [9.17, 15) is 0 Å². The lowest BCUT2D eigenvalue weighted by atomic mass is 9.82. The highest BCUT2D eigenvalue weighted by molar-refractivity contribution is 4.81. The van der Waals surface area contributed by atoms with Crippen LogP contribution in [0.4, 0.5) is 0 Å². The zero-order chi connectivity index (χ0) is 11.1. The average Bonchev–Trinajstić information content (AvgIpc) is 2.15. The molecule has 0 radical (unpaired) electrons. The Morgan fingerprint density at radius 1 is 1.20 bits per heavy atom. The molecular weight excluding hydrogens is 190 g/mol. The van der Waals surface area contributed by atoms with Gasteiger partial charge in [0.2, 0.25) is 0 Å². The summed E-state index contributed by atoms with van der Waals surface area (Å²) in [6.07, 6.45) is 3.58. The maximum atomic E-state index is 5.47. The van der Waals surface area contributed by atoms with Crippen LogP contribution in [-0.2, 0) is 9.47 Å². The Labute approximate surface area is 93.5 Å². The molecule has 1 N–H and O–H groups in total. The number of hydrogen-bond donors (Lipinski definition) is 1. The first-order chi connectivity index (χ1) is 7.26. The summed E-state index contributed by atoms with van der Waals surface area (Å²) in [7, 11) is 0. The molecule has 0 aromatic heterocycles. The molecule has 90 valence electrons. The van der Waals surface area contributed by atoms with E-state index in [0.29, 0.717) is 0 Å². The normalized spacial score (nSPS) is 25.6. The Morgan fingerprint density at radius 2 is 1.80 bits per heavy atom. The van der Waals surface area contributed by atoms with Gasteiger partial charge in [0.05, 0.1) is 0 Å². The van der Waals surface area contributed by atoms with Crippen molar-refractivity contribution in [2.45, 2.75) is 52.4 Å².